The first-order chi connectivity index (χ1) is 16.5. The number of fused-ring (bicyclic) bond motifs is 1. The summed E-state index contributed by atoms with van der Waals surface area (Å²) in [7, 11) is 0. The van der Waals surface area contributed by atoms with Gasteiger partial charge in [-0.1, -0.05) is 48.2 Å². The van der Waals surface area contributed by atoms with Crippen LogP contribution in [0, 0.1) is 17.2 Å². The topological polar surface area (TPSA) is 84.8 Å². The third-order valence-electron chi connectivity index (χ3n) is 7.08. The highest BCUT2D eigenvalue weighted by Gasteiger charge is 2.29. The SMILES string of the molecule is N#Cc1ccc(Cc2c(Cl)c(Cl)cc3[nH]c(N4CCC(C(=O)NC5CCCC5)CC4)nc23)cc1. The number of benzene rings is 2. The van der Waals surface area contributed by atoms with Gasteiger partial charge in [-0.2, -0.15) is 5.26 Å². The molecule has 0 unspecified atom stereocenters. The van der Waals surface area contributed by atoms with Crippen molar-refractivity contribution in [2.75, 3.05) is 18.0 Å². The lowest BCUT2D eigenvalue weighted by atomic mass is 9.95. The van der Waals surface area contributed by atoms with E-state index in [9.17, 15) is 4.79 Å². The summed E-state index contributed by atoms with van der Waals surface area (Å²) < 4.78 is 0. The van der Waals surface area contributed by atoms with E-state index in [1.807, 2.05) is 18.2 Å². The molecule has 2 aromatic carbocycles. The van der Waals surface area contributed by atoms with E-state index in [1.54, 1.807) is 12.1 Å². The van der Waals surface area contributed by atoms with Crippen LogP contribution >= 0.6 is 23.2 Å². The van der Waals surface area contributed by atoms with Crippen LogP contribution in [-0.4, -0.2) is 35.0 Å². The fraction of sp³-hybridized carbons (Fsp3) is 0.423. The molecule has 2 fully saturated rings. The summed E-state index contributed by atoms with van der Waals surface area (Å²) in [5, 5.41) is 13.3. The van der Waals surface area contributed by atoms with Crippen molar-refractivity contribution in [2.45, 2.75) is 51.0 Å². The molecular formula is C26H27Cl2N5O. The standard InChI is InChI=1S/C26H27Cl2N5O/c27-21-14-22-24(20(23(21)28)13-16-5-7-17(15-29)8-6-16)32-26(31-22)33-11-9-18(10-12-33)25(34)30-19-3-1-2-4-19/h5-8,14,18-19H,1-4,9-13H2,(H,30,34)(H,31,32). The molecule has 1 aliphatic carbocycles. The Morgan fingerprint density at radius 3 is 2.53 bits per heavy atom. The molecule has 0 bridgehead atoms. The van der Waals surface area contributed by atoms with Crippen LogP contribution in [-0.2, 0) is 11.2 Å². The van der Waals surface area contributed by atoms with E-state index in [4.69, 9.17) is 33.4 Å². The molecular weight excluding hydrogens is 469 g/mol. The fourth-order valence-corrected chi connectivity index (χ4v) is 5.54. The Kier molecular flexibility index (Phi) is 6.67. The van der Waals surface area contributed by atoms with Gasteiger partial charge in [-0.25, -0.2) is 4.98 Å². The molecule has 1 saturated carbocycles. The lowest BCUT2D eigenvalue weighted by Crippen LogP contribution is -2.43. The zero-order valence-electron chi connectivity index (χ0n) is 18.9. The lowest BCUT2D eigenvalue weighted by Gasteiger charge is -2.31. The molecule has 2 N–H and O–H groups in total. The molecule has 1 aliphatic heterocycles. The minimum Gasteiger partial charge on any atom is -0.353 e. The smallest absolute Gasteiger partial charge is 0.223 e. The summed E-state index contributed by atoms with van der Waals surface area (Å²) in [5.41, 5.74) is 4.16. The lowest BCUT2D eigenvalue weighted by molar-refractivity contribution is -0.126. The quantitative estimate of drug-likeness (QED) is 0.481. The van der Waals surface area contributed by atoms with Crippen molar-refractivity contribution in [3.8, 4) is 6.07 Å². The largest absolute Gasteiger partial charge is 0.353 e. The van der Waals surface area contributed by atoms with E-state index in [0.29, 0.717) is 28.1 Å². The van der Waals surface area contributed by atoms with Crippen LogP contribution < -0.4 is 10.2 Å². The van der Waals surface area contributed by atoms with Crippen molar-refractivity contribution in [2.24, 2.45) is 5.92 Å². The second kappa shape index (κ2) is 9.85. The van der Waals surface area contributed by atoms with Crippen LogP contribution in [0.15, 0.2) is 30.3 Å². The van der Waals surface area contributed by atoms with Gasteiger partial charge in [0.05, 0.1) is 32.7 Å². The van der Waals surface area contributed by atoms with E-state index in [0.717, 1.165) is 66.9 Å². The normalized spacial score (nSPS) is 17.3. The molecule has 5 rings (SSSR count). The second-order valence-corrected chi connectivity index (χ2v) is 10.1. The number of anilines is 1. The summed E-state index contributed by atoms with van der Waals surface area (Å²) in [5.74, 6) is 1.06. The zero-order valence-corrected chi connectivity index (χ0v) is 20.4. The predicted octanol–water partition coefficient (Wildman–Crippen LogP) is 5.61. The molecule has 0 atom stereocenters. The number of piperidine rings is 1. The van der Waals surface area contributed by atoms with Gasteiger partial charge in [0, 0.05) is 37.0 Å². The monoisotopic (exact) mass is 495 g/mol. The van der Waals surface area contributed by atoms with Crippen LogP contribution in [0.4, 0.5) is 5.95 Å². The van der Waals surface area contributed by atoms with E-state index in [1.165, 1.54) is 12.8 Å². The summed E-state index contributed by atoms with van der Waals surface area (Å²) in [6.45, 7) is 1.55. The van der Waals surface area contributed by atoms with Crippen LogP contribution in [0.5, 0.6) is 0 Å². The maximum absolute atomic E-state index is 12.7. The molecule has 1 saturated heterocycles. The summed E-state index contributed by atoms with van der Waals surface area (Å²) >= 11 is 13.0. The minimum atomic E-state index is 0.0667. The van der Waals surface area contributed by atoms with Crippen LogP contribution in [0.2, 0.25) is 10.0 Å². The highest BCUT2D eigenvalue weighted by Crippen LogP contribution is 2.35. The van der Waals surface area contributed by atoms with Crippen molar-refractivity contribution in [3.05, 3.63) is 57.1 Å². The van der Waals surface area contributed by atoms with Gasteiger partial charge in [0.25, 0.3) is 0 Å². The number of nitrogens with zero attached hydrogens (tertiary/aromatic N) is 3. The highest BCUT2D eigenvalue weighted by atomic mass is 35.5. The van der Waals surface area contributed by atoms with E-state index < -0.39 is 0 Å². The first-order valence-electron chi connectivity index (χ1n) is 11.9. The molecule has 0 radical (unpaired) electrons. The van der Waals surface area contributed by atoms with E-state index in [-0.39, 0.29) is 11.8 Å². The predicted molar refractivity (Wildman–Crippen MR) is 135 cm³/mol. The number of amides is 1. The third kappa shape index (κ3) is 4.73. The van der Waals surface area contributed by atoms with Gasteiger partial charge in [-0.3, -0.25) is 4.79 Å². The van der Waals surface area contributed by atoms with Crippen LogP contribution in [0.3, 0.4) is 0 Å². The third-order valence-corrected chi connectivity index (χ3v) is 7.91. The number of hydrogen-bond acceptors (Lipinski definition) is 4. The van der Waals surface area contributed by atoms with Gasteiger partial charge in [-0.05, 0) is 49.4 Å². The van der Waals surface area contributed by atoms with Gasteiger partial charge < -0.3 is 15.2 Å². The Bertz CT molecular complexity index is 1230. The molecule has 0 spiro atoms. The number of carbonyl (C=O) groups excluding carboxylic acids is 1. The molecule has 176 valence electrons. The Morgan fingerprint density at radius 2 is 1.85 bits per heavy atom. The number of imidazole rings is 1. The molecule has 6 nitrogen and oxygen atoms in total. The Labute approximate surface area is 209 Å². The Hall–Kier alpha value is -2.75. The van der Waals surface area contributed by atoms with Crippen molar-refractivity contribution in [3.63, 3.8) is 0 Å². The number of halogens is 2. The molecule has 1 aromatic heterocycles. The number of nitrogens with one attached hydrogen (secondary N) is 2. The second-order valence-electron chi connectivity index (χ2n) is 9.34. The number of aromatic amines is 1. The highest BCUT2D eigenvalue weighted by molar-refractivity contribution is 6.43. The number of nitriles is 1. The zero-order chi connectivity index (χ0) is 23.7. The Morgan fingerprint density at radius 1 is 1.15 bits per heavy atom. The Balaban J connectivity index is 1.32. The molecule has 34 heavy (non-hydrogen) atoms. The number of aromatic nitrogens is 2. The van der Waals surface area contributed by atoms with Gasteiger partial charge >= 0.3 is 0 Å². The average Bonchev–Trinajstić information content (AvgIpc) is 3.52. The van der Waals surface area contributed by atoms with Gasteiger partial charge in [-0.15, -0.1) is 0 Å². The molecule has 2 aliphatic rings. The number of H-pyrrole nitrogens is 1. The first kappa shape index (κ1) is 23.0. The minimum absolute atomic E-state index is 0.0667. The van der Waals surface area contributed by atoms with Crippen molar-refractivity contribution in [1.29, 1.82) is 5.26 Å². The van der Waals surface area contributed by atoms with E-state index in [2.05, 4.69) is 21.3 Å². The van der Waals surface area contributed by atoms with Crippen molar-refractivity contribution >= 4 is 46.1 Å². The molecule has 1 amide bonds. The maximum Gasteiger partial charge on any atom is 0.223 e. The summed E-state index contributed by atoms with van der Waals surface area (Å²) in [6, 6.07) is 11.8. The van der Waals surface area contributed by atoms with Gasteiger partial charge in [0.1, 0.15) is 0 Å². The number of carbonyl (C=O) groups is 1. The first-order valence-corrected chi connectivity index (χ1v) is 12.7. The maximum atomic E-state index is 12.7. The van der Waals surface area contributed by atoms with Crippen molar-refractivity contribution in [1.82, 2.24) is 15.3 Å². The molecule has 8 heteroatoms. The fourth-order valence-electron chi connectivity index (χ4n) is 5.10. The van der Waals surface area contributed by atoms with Crippen LogP contribution in [0.25, 0.3) is 11.0 Å². The molecule has 2 heterocycles. The summed E-state index contributed by atoms with van der Waals surface area (Å²) in [6.07, 6.45) is 6.85. The summed E-state index contributed by atoms with van der Waals surface area (Å²) in [4.78, 5) is 23.2. The van der Waals surface area contributed by atoms with Gasteiger partial charge in [0.15, 0.2) is 0 Å². The molecule has 3 aromatic rings. The number of rotatable bonds is 5. The number of hydrogen-bond donors (Lipinski definition) is 2. The van der Waals surface area contributed by atoms with E-state index >= 15 is 0 Å². The average molecular weight is 496 g/mol. The van der Waals surface area contributed by atoms with Crippen molar-refractivity contribution < 1.29 is 4.79 Å². The van der Waals surface area contributed by atoms with Gasteiger partial charge in [0.2, 0.25) is 11.9 Å². The van der Waals surface area contributed by atoms with Crippen LogP contribution in [0.1, 0.15) is 55.2 Å².